The van der Waals surface area contributed by atoms with Gasteiger partial charge >= 0.3 is 0 Å². The maximum absolute atomic E-state index is 6.04. The Hall–Kier alpha value is -1.81. The summed E-state index contributed by atoms with van der Waals surface area (Å²) >= 11 is 6.04. The number of hydrogen-bond donors (Lipinski definition) is 1. The smallest absolute Gasteiger partial charge is 0.223 e. The molecule has 1 unspecified atom stereocenters. The van der Waals surface area contributed by atoms with E-state index in [-0.39, 0.29) is 11.4 Å². The van der Waals surface area contributed by atoms with Gasteiger partial charge < -0.3 is 10.6 Å². The molecule has 23 heavy (non-hydrogen) atoms. The predicted molar refractivity (Wildman–Crippen MR) is 95.9 cm³/mol. The van der Waals surface area contributed by atoms with E-state index in [1.807, 2.05) is 0 Å². The van der Waals surface area contributed by atoms with Gasteiger partial charge in [0.2, 0.25) is 5.95 Å². The highest BCUT2D eigenvalue weighted by atomic mass is 35.5. The van der Waals surface area contributed by atoms with Gasteiger partial charge in [0.15, 0.2) is 0 Å². The van der Waals surface area contributed by atoms with Crippen LogP contribution in [0.15, 0.2) is 30.3 Å². The third-order valence-corrected chi connectivity index (χ3v) is 4.60. The van der Waals surface area contributed by atoms with Gasteiger partial charge in [-0.2, -0.15) is 4.98 Å². The van der Waals surface area contributed by atoms with Gasteiger partial charge in [0.05, 0.1) is 6.04 Å². The Morgan fingerprint density at radius 1 is 1.17 bits per heavy atom. The van der Waals surface area contributed by atoms with Crippen molar-refractivity contribution in [3.8, 4) is 0 Å². The minimum atomic E-state index is 0.169. The molecule has 1 aromatic heterocycles. The van der Waals surface area contributed by atoms with E-state index >= 15 is 0 Å². The zero-order chi connectivity index (χ0) is 16.6. The molecule has 1 aliphatic heterocycles. The predicted octanol–water partition coefficient (Wildman–Crippen LogP) is 4.35. The SMILES string of the molecule is CC(C)(C)c1ccc(C2CCCN2c2cc(Cl)nc(N)n2)cc1. The zero-order valence-electron chi connectivity index (χ0n) is 13.9. The highest BCUT2D eigenvalue weighted by molar-refractivity contribution is 6.29. The lowest BCUT2D eigenvalue weighted by Gasteiger charge is -2.27. The van der Waals surface area contributed by atoms with Crippen LogP contribution in [0, 0.1) is 0 Å². The second-order valence-corrected chi connectivity index (χ2v) is 7.52. The zero-order valence-corrected chi connectivity index (χ0v) is 14.6. The molecule has 0 aliphatic carbocycles. The number of aromatic nitrogens is 2. The maximum Gasteiger partial charge on any atom is 0.223 e. The Balaban J connectivity index is 1.89. The number of nitrogens with zero attached hydrogens (tertiary/aromatic N) is 3. The molecule has 1 saturated heterocycles. The van der Waals surface area contributed by atoms with Gasteiger partial charge in [-0.15, -0.1) is 0 Å². The van der Waals surface area contributed by atoms with Crippen LogP contribution in [0.25, 0.3) is 0 Å². The normalized spacial score (nSPS) is 18.4. The monoisotopic (exact) mass is 330 g/mol. The third kappa shape index (κ3) is 3.42. The Labute approximate surface area is 142 Å². The summed E-state index contributed by atoms with van der Waals surface area (Å²) in [7, 11) is 0. The van der Waals surface area contributed by atoms with Crippen LogP contribution in [-0.4, -0.2) is 16.5 Å². The fourth-order valence-electron chi connectivity index (χ4n) is 3.16. The highest BCUT2D eigenvalue weighted by Crippen LogP contribution is 2.36. The second kappa shape index (κ2) is 6.00. The topological polar surface area (TPSA) is 55.0 Å². The lowest BCUT2D eigenvalue weighted by molar-refractivity contribution is 0.589. The van der Waals surface area contributed by atoms with Crippen LogP contribution in [0.1, 0.15) is 50.8 Å². The molecule has 0 saturated carbocycles. The number of benzene rings is 1. The van der Waals surface area contributed by atoms with Crippen LogP contribution < -0.4 is 10.6 Å². The molecular formula is C18H23ClN4. The molecule has 1 aliphatic rings. The molecule has 1 atom stereocenters. The molecule has 122 valence electrons. The van der Waals surface area contributed by atoms with Crippen molar-refractivity contribution in [1.29, 1.82) is 0 Å². The van der Waals surface area contributed by atoms with E-state index in [1.54, 1.807) is 6.07 Å². The fourth-order valence-corrected chi connectivity index (χ4v) is 3.35. The minimum absolute atomic E-state index is 0.169. The van der Waals surface area contributed by atoms with E-state index in [0.29, 0.717) is 11.2 Å². The van der Waals surface area contributed by atoms with Gasteiger partial charge in [-0.3, -0.25) is 0 Å². The molecular weight excluding hydrogens is 308 g/mol. The molecule has 1 aromatic carbocycles. The molecule has 0 radical (unpaired) electrons. The highest BCUT2D eigenvalue weighted by Gasteiger charge is 2.28. The molecule has 0 bridgehead atoms. The standard InChI is InChI=1S/C18H23ClN4/c1-18(2,3)13-8-6-12(7-9-13)14-5-4-10-23(14)16-11-15(19)21-17(20)22-16/h6-9,11,14H,4-5,10H2,1-3H3,(H2,20,21,22). The van der Waals surface area contributed by atoms with Crippen LogP contribution in [-0.2, 0) is 5.41 Å². The van der Waals surface area contributed by atoms with Gasteiger partial charge in [-0.25, -0.2) is 4.98 Å². The molecule has 5 heteroatoms. The molecule has 2 aromatic rings. The van der Waals surface area contributed by atoms with Crippen LogP contribution in [0.2, 0.25) is 5.15 Å². The van der Waals surface area contributed by atoms with Gasteiger partial charge in [-0.05, 0) is 29.4 Å². The maximum atomic E-state index is 6.04. The second-order valence-electron chi connectivity index (χ2n) is 7.13. The van der Waals surface area contributed by atoms with Crippen molar-refractivity contribution in [3.05, 3.63) is 46.6 Å². The summed E-state index contributed by atoms with van der Waals surface area (Å²) in [5.74, 6) is 1.03. The summed E-state index contributed by atoms with van der Waals surface area (Å²) in [5.41, 5.74) is 8.57. The first-order chi connectivity index (χ1) is 10.8. The molecule has 3 rings (SSSR count). The summed E-state index contributed by atoms with van der Waals surface area (Å²) in [6, 6.07) is 11.0. The van der Waals surface area contributed by atoms with Crippen molar-refractivity contribution < 1.29 is 0 Å². The summed E-state index contributed by atoms with van der Waals surface area (Å²) in [6.45, 7) is 7.65. The molecule has 1 fully saturated rings. The van der Waals surface area contributed by atoms with Crippen molar-refractivity contribution in [3.63, 3.8) is 0 Å². The lowest BCUT2D eigenvalue weighted by Crippen LogP contribution is -2.24. The molecule has 0 amide bonds. The largest absolute Gasteiger partial charge is 0.368 e. The van der Waals surface area contributed by atoms with Gasteiger partial charge in [0.25, 0.3) is 0 Å². The van der Waals surface area contributed by atoms with Crippen molar-refractivity contribution in [1.82, 2.24) is 9.97 Å². The van der Waals surface area contributed by atoms with Crippen molar-refractivity contribution in [2.45, 2.75) is 45.1 Å². The van der Waals surface area contributed by atoms with E-state index in [2.05, 4.69) is 59.9 Å². The van der Waals surface area contributed by atoms with E-state index in [9.17, 15) is 0 Å². The first kappa shape index (κ1) is 16.1. The summed E-state index contributed by atoms with van der Waals surface area (Å²) in [5, 5.41) is 0.390. The number of rotatable bonds is 2. The van der Waals surface area contributed by atoms with Gasteiger partial charge in [0.1, 0.15) is 11.0 Å². The first-order valence-corrected chi connectivity index (χ1v) is 8.39. The summed E-state index contributed by atoms with van der Waals surface area (Å²) in [4.78, 5) is 10.6. The summed E-state index contributed by atoms with van der Waals surface area (Å²) < 4.78 is 0. The number of nitrogens with two attached hydrogens (primary N) is 1. The van der Waals surface area contributed by atoms with Crippen molar-refractivity contribution in [2.75, 3.05) is 17.2 Å². The number of nitrogen functional groups attached to an aromatic ring is 1. The molecule has 4 nitrogen and oxygen atoms in total. The quantitative estimate of drug-likeness (QED) is 0.832. The number of hydrogen-bond acceptors (Lipinski definition) is 4. The van der Waals surface area contributed by atoms with Gasteiger partial charge in [-0.1, -0.05) is 56.6 Å². The third-order valence-electron chi connectivity index (χ3n) is 4.41. The van der Waals surface area contributed by atoms with E-state index in [0.717, 1.165) is 25.2 Å². The average molecular weight is 331 g/mol. The first-order valence-electron chi connectivity index (χ1n) is 8.02. The minimum Gasteiger partial charge on any atom is -0.368 e. The van der Waals surface area contributed by atoms with Crippen molar-refractivity contribution in [2.24, 2.45) is 0 Å². The number of halogens is 1. The Bertz CT molecular complexity index is 671. The Morgan fingerprint density at radius 3 is 2.48 bits per heavy atom. The van der Waals surface area contributed by atoms with E-state index in [1.165, 1.54) is 11.1 Å². The van der Waals surface area contributed by atoms with Crippen LogP contribution in [0.5, 0.6) is 0 Å². The average Bonchev–Trinajstić information content (AvgIpc) is 2.95. The molecule has 2 heterocycles. The summed E-state index contributed by atoms with van der Waals surface area (Å²) in [6.07, 6.45) is 2.24. The van der Waals surface area contributed by atoms with E-state index < -0.39 is 0 Å². The van der Waals surface area contributed by atoms with Crippen LogP contribution in [0.4, 0.5) is 11.8 Å². The lowest BCUT2D eigenvalue weighted by atomic mass is 9.86. The Morgan fingerprint density at radius 2 is 1.87 bits per heavy atom. The van der Waals surface area contributed by atoms with Crippen LogP contribution >= 0.6 is 11.6 Å². The molecule has 0 spiro atoms. The Kier molecular flexibility index (Phi) is 4.19. The van der Waals surface area contributed by atoms with E-state index in [4.69, 9.17) is 17.3 Å². The van der Waals surface area contributed by atoms with Gasteiger partial charge in [0, 0.05) is 12.6 Å². The fraction of sp³-hybridized carbons (Fsp3) is 0.444. The molecule has 2 N–H and O–H groups in total. The number of anilines is 2. The van der Waals surface area contributed by atoms with Crippen molar-refractivity contribution >= 4 is 23.4 Å². The van der Waals surface area contributed by atoms with Crippen LogP contribution in [0.3, 0.4) is 0 Å².